The average Bonchev–Trinajstić information content (AvgIpc) is 2.43. The van der Waals surface area contributed by atoms with Crippen LogP contribution in [0.2, 0.25) is 0 Å². The molecule has 0 aromatic rings. The zero-order valence-corrected chi connectivity index (χ0v) is 20.1. The Bertz CT molecular complexity index is 420. The van der Waals surface area contributed by atoms with E-state index < -0.39 is 0 Å². The number of nitrogens with zero attached hydrogens (tertiary/aromatic N) is 1. The molecule has 27 heavy (non-hydrogen) atoms. The first kappa shape index (κ1) is 24.9. The van der Waals surface area contributed by atoms with Crippen LogP contribution < -0.4 is 11.5 Å². The van der Waals surface area contributed by atoms with Gasteiger partial charge in [0.2, 0.25) is 0 Å². The number of hydrogen-bond acceptors (Lipinski definition) is 3. The van der Waals surface area contributed by atoms with E-state index in [1.165, 1.54) is 51.4 Å². The Hall–Kier alpha value is -0.120. The number of unbranched alkanes of at least 4 members (excludes halogenated alkanes) is 1. The molecule has 1 rings (SSSR count). The SMILES string of the molecule is CCCCC(C(N)N)C(C)(C)CC1([16N](C(C)(C)C)C(C)(C)C)CCCCC1. The first-order valence-electron chi connectivity index (χ1n) is 11.5. The summed E-state index contributed by atoms with van der Waals surface area (Å²) in [5, 5.41) is 0. The topological polar surface area (TPSA) is 55.3 Å². The van der Waals surface area contributed by atoms with Crippen LogP contribution in [-0.4, -0.2) is 27.7 Å². The van der Waals surface area contributed by atoms with Crippen LogP contribution in [0.5, 0.6) is 0 Å². The third kappa shape index (κ3) is 6.44. The van der Waals surface area contributed by atoms with Gasteiger partial charge in [-0.25, -0.2) is 0 Å². The molecule has 0 bridgehead atoms. The van der Waals surface area contributed by atoms with Gasteiger partial charge in [-0.1, -0.05) is 52.9 Å². The molecule has 1 atom stereocenters. The predicted molar refractivity (Wildman–Crippen MR) is 121 cm³/mol. The van der Waals surface area contributed by atoms with Crippen LogP contribution in [0.1, 0.15) is 120 Å². The minimum absolute atomic E-state index is 0.134. The van der Waals surface area contributed by atoms with Gasteiger partial charge < -0.3 is 11.5 Å². The monoisotopic (exact) mass is 383 g/mol. The molecule has 0 spiro atoms. The van der Waals surface area contributed by atoms with Gasteiger partial charge in [-0.05, 0) is 78.6 Å². The van der Waals surface area contributed by atoms with Crippen LogP contribution in [0, 0.1) is 11.3 Å². The van der Waals surface area contributed by atoms with Gasteiger partial charge in [0.25, 0.3) is 0 Å². The first-order chi connectivity index (χ1) is 12.2. The molecule has 1 aliphatic rings. The maximum atomic E-state index is 6.32. The van der Waals surface area contributed by atoms with Crippen LogP contribution in [0.3, 0.4) is 0 Å². The van der Waals surface area contributed by atoms with Gasteiger partial charge in [-0.3, -0.25) is 4.90 Å². The summed E-state index contributed by atoms with van der Waals surface area (Å²) < 4.78 is 0. The zero-order chi connectivity index (χ0) is 21.1. The van der Waals surface area contributed by atoms with E-state index in [1.807, 2.05) is 0 Å². The van der Waals surface area contributed by atoms with Gasteiger partial charge in [0.1, 0.15) is 0 Å². The molecule has 1 aliphatic carbocycles. The number of hydrogen-bond donors (Lipinski definition) is 2. The first-order valence-corrected chi connectivity index (χ1v) is 11.5. The summed E-state index contributed by atoms with van der Waals surface area (Å²) in [4.78, 5) is 2.85. The van der Waals surface area contributed by atoms with Crippen LogP contribution >= 0.6 is 0 Å². The van der Waals surface area contributed by atoms with E-state index in [9.17, 15) is 0 Å². The lowest BCUT2D eigenvalue weighted by atomic mass is 9.65. The van der Waals surface area contributed by atoms with Crippen LogP contribution in [0.15, 0.2) is 0 Å². The second kappa shape index (κ2) is 9.13. The molecule has 0 aliphatic heterocycles. The highest BCUT2D eigenvalue weighted by atomic mass is 16.7. The van der Waals surface area contributed by atoms with Gasteiger partial charge >= 0.3 is 0 Å². The van der Waals surface area contributed by atoms with E-state index in [-0.39, 0.29) is 28.2 Å². The molecular formula is C24H51N3. The quantitative estimate of drug-likeness (QED) is 0.501. The molecule has 1 fully saturated rings. The van der Waals surface area contributed by atoms with E-state index in [4.69, 9.17) is 11.5 Å². The Balaban J connectivity index is 3.32. The van der Waals surface area contributed by atoms with Crippen LogP contribution in [0.4, 0.5) is 0 Å². The Morgan fingerprint density at radius 2 is 1.33 bits per heavy atom. The van der Waals surface area contributed by atoms with Gasteiger partial charge in [-0.2, -0.15) is 0 Å². The second-order valence-corrected chi connectivity index (χ2v) is 12.0. The zero-order valence-electron chi connectivity index (χ0n) is 20.1. The molecule has 0 saturated heterocycles. The fourth-order valence-electron chi connectivity index (χ4n) is 6.63. The maximum absolute atomic E-state index is 6.32. The molecule has 4 N–H and O–H groups in total. The van der Waals surface area contributed by atoms with E-state index in [1.54, 1.807) is 0 Å². The molecule has 3 heteroatoms. The maximum Gasteiger partial charge on any atom is 0.0555 e. The second-order valence-electron chi connectivity index (χ2n) is 12.0. The molecule has 0 aromatic heterocycles. The molecule has 0 radical (unpaired) electrons. The van der Waals surface area contributed by atoms with Gasteiger partial charge in [-0.15, -0.1) is 0 Å². The number of nitrogens with two attached hydrogens (primary N) is 2. The lowest BCUT2D eigenvalue weighted by Gasteiger charge is -2.61. The Kier molecular flexibility index (Phi) is 8.43. The summed E-state index contributed by atoms with van der Waals surface area (Å²) in [7, 11) is 0. The number of rotatable bonds is 8. The van der Waals surface area contributed by atoms with E-state index in [0.717, 1.165) is 6.42 Å². The minimum atomic E-state index is -0.232. The van der Waals surface area contributed by atoms with Crippen molar-refractivity contribution in [1.82, 2.24) is 4.90 Å². The van der Waals surface area contributed by atoms with Crippen molar-refractivity contribution in [2.45, 2.75) is 143 Å². The molecule has 3 nitrogen and oxygen atoms in total. The molecular weight excluding hydrogens is 332 g/mol. The van der Waals surface area contributed by atoms with Crippen molar-refractivity contribution in [3.05, 3.63) is 0 Å². The largest absolute Gasteiger partial charge is 0.316 e. The van der Waals surface area contributed by atoms with Gasteiger partial charge in [0, 0.05) is 16.6 Å². The molecule has 0 heterocycles. The van der Waals surface area contributed by atoms with E-state index in [0.29, 0.717) is 5.92 Å². The van der Waals surface area contributed by atoms with Crippen molar-refractivity contribution >= 4 is 0 Å². The Morgan fingerprint density at radius 1 is 0.852 bits per heavy atom. The van der Waals surface area contributed by atoms with E-state index in [2.05, 4.69) is 67.2 Å². The summed E-state index contributed by atoms with van der Waals surface area (Å²) in [6.45, 7) is 21.5. The molecule has 1 saturated carbocycles. The van der Waals surface area contributed by atoms with Crippen molar-refractivity contribution in [3.63, 3.8) is 0 Å². The molecule has 1 unspecified atom stereocenters. The summed E-state index contributed by atoms with van der Waals surface area (Å²) in [5.41, 5.74) is 13.3. The minimum Gasteiger partial charge on any atom is -0.316 e. The fraction of sp³-hybridized carbons (Fsp3) is 1.00. The summed E-state index contributed by atoms with van der Waals surface area (Å²) >= 11 is 0. The van der Waals surface area contributed by atoms with Crippen molar-refractivity contribution in [3.8, 4) is 0 Å². The predicted octanol–water partition coefficient (Wildman–Crippen LogP) is 6.05. The molecule has 0 aromatic carbocycles. The Labute approximate surface area is 171 Å². The third-order valence-electron chi connectivity index (χ3n) is 6.72. The smallest absolute Gasteiger partial charge is 0.0555 e. The van der Waals surface area contributed by atoms with Crippen molar-refractivity contribution in [2.75, 3.05) is 0 Å². The third-order valence-corrected chi connectivity index (χ3v) is 6.72. The highest BCUT2D eigenvalue weighted by molar-refractivity contribution is 5.06. The highest BCUT2D eigenvalue weighted by Crippen LogP contribution is 2.50. The van der Waals surface area contributed by atoms with Crippen LogP contribution in [-0.2, 0) is 0 Å². The van der Waals surface area contributed by atoms with Crippen molar-refractivity contribution in [2.24, 2.45) is 22.8 Å². The lowest BCUT2D eigenvalue weighted by molar-refractivity contribution is -0.108. The van der Waals surface area contributed by atoms with Crippen molar-refractivity contribution < 1.29 is 0 Å². The van der Waals surface area contributed by atoms with E-state index >= 15 is 0 Å². The van der Waals surface area contributed by atoms with Gasteiger partial charge in [0.15, 0.2) is 0 Å². The summed E-state index contributed by atoms with van der Waals surface area (Å²) in [6, 6.07) is 0. The molecule has 162 valence electrons. The molecule has 0 amide bonds. The van der Waals surface area contributed by atoms with Crippen LogP contribution in [0.25, 0.3) is 0 Å². The Morgan fingerprint density at radius 3 is 1.70 bits per heavy atom. The van der Waals surface area contributed by atoms with Gasteiger partial charge in [0.05, 0.1) is 6.17 Å². The normalized spacial score (nSPS) is 20.3. The summed E-state index contributed by atoms with van der Waals surface area (Å²) in [5.74, 6) is 0.373. The lowest BCUT2D eigenvalue weighted by Crippen LogP contribution is -2.66. The average molecular weight is 384 g/mol. The summed E-state index contributed by atoms with van der Waals surface area (Å²) in [6.07, 6.45) is 11.2. The standard InChI is InChI=1S/C24H51N3/c1-10-11-15-19(20(25)26)23(8,9)18-24(16-13-12-14-17-24)27(21(2,3)4)22(5,6)7/h19-20H,10-18,25-26H2,1-9H3/i27+2. The van der Waals surface area contributed by atoms with Crippen molar-refractivity contribution in [1.29, 1.82) is 0 Å². The fourth-order valence-corrected chi connectivity index (χ4v) is 6.63. The highest BCUT2D eigenvalue weighted by Gasteiger charge is 2.51.